The summed E-state index contributed by atoms with van der Waals surface area (Å²) in [6.07, 6.45) is 0. The van der Waals surface area contributed by atoms with Crippen LogP contribution >= 0.6 is 0 Å². The van der Waals surface area contributed by atoms with E-state index >= 15 is 0 Å². The molecule has 0 aliphatic heterocycles. The van der Waals surface area contributed by atoms with Gasteiger partial charge >= 0.3 is 5.91 Å². The molecular weight excluding hydrogens is 109 g/mol. The van der Waals surface area contributed by atoms with Crippen molar-refractivity contribution in [3.05, 3.63) is 0 Å². The van der Waals surface area contributed by atoms with Crippen molar-refractivity contribution in [3.63, 3.8) is 0 Å². The molecule has 0 rings (SSSR count). The summed E-state index contributed by atoms with van der Waals surface area (Å²) >= 11 is 0. The first-order chi connectivity index (χ1) is 3.12. The minimum atomic E-state index is -1.99. The summed E-state index contributed by atoms with van der Waals surface area (Å²) in [5, 5.41) is 25.9. The van der Waals surface area contributed by atoms with Crippen molar-refractivity contribution >= 4 is 8.41 Å². The molecule has 0 unspecified atom stereocenters. The summed E-state index contributed by atoms with van der Waals surface area (Å²) in [5.41, 5.74) is 0. The van der Waals surface area contributed by atoms with Crippen LogP contribution in [0.4, 0.5) is 0 Å². The van der Waals surface area contributed by atoms with Gasteiger partial charge in [-0.05, 0) is 0 Å². The Hall–Kier alpha value is -0.0951. The molecule has 0 bridgehead atoms. The van der Waals surface area contributed by atoms with Crippen LogP contribution in [-0.4, -0.2) is 43.3 Å². The summed E-state index contributed by atoms with van der Waals surface area (Å²) < 4.78 is 0. The Morgan fingerprint density at radius 1 is 1.50 bits per heavy atom. The van der Waals surface area contributed by atoms with Gasteiger partial charge in [-0.15, -0.1) is 0 Å². The molecule has 0 spiro atoms. The first-order valence-electron chi connectivity index (χ1n) is 1.98. The fourth-order valence-corrected chi connectivity index (χ4v) is 0.0913. The van der Waals surface area contributed by atoms with E-state index in [1.54, 1.807) is 0 Å². The maximum absolute atomic E-state index is 8.38. The lowest BCUT2D eigenvalue weighted by molar-refractivity contribution is -0.794. The van der Waals surface area contributed by atoms with E-state index in [4.69, 9.17) is 15.3 Å². The Bertz CT molecular complexity index is 52.5. The fraction of sp³-hybridized carbons (Fsp3) is 1.00. The minimum absolute atomic E-state index is 0. The van der Waals surface area contributed by atoms with Crippen molar-refractivity contribution in [1.29, 1.82) is 0 Å². The van der Waals surface area contributed by atoms with E-state index in [1.807, 2.05) is 0 Å². The molecule has 0 aliphatic carbocycles. The molecule has 8 heavy (non-hydrogen) atoms. The van der Waals surface area contributed by atoms with Gasteiger partial charge in [-0.2, -0.15) is 0 Å². The van der Waals surface area contributed by atoms with E-state index < -0.39 is 12.5 Å². The van der Waals surface area contributed by atoms with Crippen molar-refractivity contribution in [2.45, 2.75) is 5.91 Å². The van der Waals surface area contributed by atoms with Crippen molar-refractivity contribution < 1.29 is 20.6 Å². The highest BCUT2D eigenvalue weighted by molar-refractivity contribution is 5.75. The van der Waals surface area contributed by atoms with Gasteiger partial charge < -0.3 is 23.7 Å². The molecule has 0 aromatic carbocycles. The number of aliphatic hydroxyl groups excluding tert-OH is 1. The maximum atomic E-state index is 8.38. The van der Waals surface area contributed by atoms with E-state index in [9.17, 15) is 0 Å². The van der Waals surface area contributed by atoms with E-state index in [0.717, 1.165) is 5.32 Å². The fourth-order valence-electron chi connectivity index (χ4n) is 0.0913. The summed E-state index contributed by atoms with van der Waals surface area (Å²) in [6.45, 7) is -0.649. The second kappa shape index (κ2) is 3.85. The van der Waals surface area contributed by atoms with Crippen LogP contribution in [-0.2, 0) is 0 Å². The lowest BCUT2D eigenvalue weighted by Crippen LogP contribution is -2.95. The van der Waals surface area contributed by atoms with Crippen molar-refractivity contribution in [1.82, 2.24) is 0 Å². The molecule has 0 atom stereocenters. The number of quaternary nitrogens is 1. The molecule has 48 valence electrons. The van der Waals surface area contributed by atoms with Crippen molar-refractivity contribution in [3.8, 4) is 0 Å². The Balaban J connectivity index is 0. The lowest BCUT2D eigenvalue weighted by atomic mass is 10.5. The second-order valence-corrected chi connectivity index (χ2v) is 1.33. The second-order valence-electron chi connectivity index (χ2n) is 1.33. The first kappa shape index (κ1) is 10.8. The van der Waals surface area contributed by atoms with E-state index in [2.05, 4.69) is 0 Å². The molecular formula is C3H10BNO3. The summed E-state index contributed by atoms with van der Waals surface area (Å²) in [4.78, 5) is 0. The topological polar surface area (TPSA) is 77.3 Å². The third kappa shape index (κ3) is 4.07. The molecule has 0 saturated heterocycles. The Labute approximate surface area is 49.7 Å². The van der Waals surface area contributed by atoms with Gasteiger partial charge in [-0.1, -0.05) is 0 Å². The van der Waals surface area contributed by atoms with Crippen LogP contribution in [0.25, 0.3) is 0 Å². The molecule has 0 fully saturated rings. The molecule has 0 aromatic rings. The zero-order valence-corrected chi connectivity index (χ0v) is 4.70. The van der Waals surface area contributed by atoms with Crippen LogP contribution in [0.5, 0.6) is 0 Å². The van der Waals surface area contributed by atoms with Gasteiger partial charge in [0.05, 0.1) is 7.05 Å². The number of hydrogen-bond acceptors (Lipinski definition) is 3. The van der Waals surface area contributed by atoms with E-state index in [1.165, 1.54) is 7.05 Å². The monoisotopic (exact) mass is 119 g/mol. The molecule has 0 aliphatic rings. The highest BCUT2D eigenvalue weighted by atomic mass is 16.5. The Morgan fingerprint density at radius 2 is 1.88 bits per heavy atom. The third-order valence-corrected chi connectivity index (χ3v) is 0.695. The Kier molecular flexibility index (Phi) is 5.21. The van der Waals surface area contributed by atoms with Gasteiger partial charge in [0.1, 0.15) is 0 Å². The first-order valence-corrected chi connectivity index (χ1v) is 1.98. The molecule has 0 saturated carbocycles. The SMILES string of the molecule is C[NH2+]C(O)(O)CO.[B-]. The predicted octanol–water partition coefficient (Wildman–Crippen LogP) is -3.57. The third-order valence-electron chi connectivity index (χ3n) is 0.695. The summed E-state index contributed by atoms with van der Waals surface area (Å²) in [7, 11) is 1.45. The van der Waals surface area contributed by atoms with Crippen LogP contribution in [0, 0.1) is 0 Å². The van der Waals surface area contributed by atoms with Gasteiger partial charge in [0, 0.05) is 0 Å². The van der Waals surface area contributed by atoms with E-state index in [0.29, 0.717) is 0 Å². The quantitative estimate of drug-likeness (QED) is 0.224. The number of hydrogen-bond donors (Lipinski definition) is 4. The number of nitrogens with two attached hydrogens (primary N) is 1. The standard InChI is InChI=1S/C3H9NO3.B/c1-4-3(6,7)2-5;/h4-7H,2H2,1H3;/q;-1/p+1. The van der Waals surface area contributed by atoms with E-state index in [-0.39, 0.29) is 8.41 Å². The molecule has 0 amide bonds. The molecule has 5 N–H and O–H groups in total. The van der Waals surface area contributed by atoms with Gasteiger partial charge in [0.15, 0.2) is 6.61 Å². The zero-order chi connectivity index (χ0) is 5.91. The highest BCUT2D eigenvalue weighted by Crippen LogP contribution is 1.76. The van der Waals surface area contributed by atoms with Gasteiger partial charge in [0.2, 0.25) is 0 Å². The predicted molar refractivity (Wildman–Crippen MR) is 27.9 cm³/mol. The molecule has 4 nitrogen and oxygen atoms in total. The van der Waals surface area contributed by atoms with Gasteiger partial charge in [0.25, 0.3) is 0 Å². The largest absolute Gasteiger partial charge is 1.00 e. The van der Waals surface area contributed by atoms with Crippen LogP contribution in [0.3, 0.4) is 0 Å². The van der Waals surface area contributed by atoms with Crippen LogP contribution < -0.4 is 5.32 Å². The molecule has 0 heterocycles. The van der Waals surface area contributed by atoms with Crippen molar-refractivity contribution in [2.75, 3.05) is 13.7 Å². The number of likely N-dealkylation sites (N-methyl/N-ethyl adjacent to an activating group) is 1. The zero-order valence-electron chi connectivity index (χ0n) is 4.70. The highest BCUT2D eigenvalue weighted by Gasteiger charge is 2.21. The molecule has 5 heteroatoms. The number of aliphatic hydroxyl groups is 3. The average molecular weight is 119 g/mol. The lowest BCUT2D eigenvalue weighted by Gasteiger charge is -2.11. The normalized spacial score (nSPS) is 10.5. The van der Waals surface area contributed by atoms with Gasteiger partial charge in [-0.3, -0.25) is 5.32 Å². The molecule has 4 radical (unpaired) electrons. The van der Waals surface area contributed by atoms with Crippen LogP contribution in [0.1, 0.15) is 0 Å². The van der Waals surface area contributed by atoms with Crippen LogP contribution in [0.15, 0.2) is 0 Å². The summed E-state index contributed by atoms with van der Waals surface area (Å²) in [6, 6.07) is 0. The van der Waals surface area contributed by atoms with Gasteiger partial charge in [-0.25, -0.2) is 0 Å². The maximum Gasteiger partial charge on any atom is 0.334 e. The molecule has 0 aromatic heterocycles. The van der Waals surface area contributed by atoms with Crippen LogP contribution in [0.2, 0.25) is 0 Å². The number of rotatable bonds is 2. The summed E-state index contributed by atoms with van der Waals surface area (Å²) in [5.74, 6) is -1.99. The smallest absolute Gasteiger partial charge is 0.334 e. The van der Waals surface area contributed by atoms with Crippen molar-refractivity contribution in [2.24, 2.45) is 0 Å². The Morgan fingerprint density at radius 3 is 1.88 bits per heavy atom. The minimum Gasteiger partial charge on any atom is -1.00 e. The average Bonchev–Trinajstić information content (AvgIpc) is 1.68.